The Morgan fingerprint density at radius 3 is 3.05 bits per heavy atom. The Labute approximate surface area is 131 Å². The number of nitrogens with one attached hydrogen (secondary N) is 3. The Bertz CT molecular complexity index is 727. The monoisotopic (exact) mass is 317 g/mol. The van der Waals surface area contributed by atoms with Crippen molar-refractivity contribution in [2.75, 3.05) is 17.2 Å². The van der Waals surface area contributed by atoms with E-state index in [4.69, 9.17) is 4.74 Å². The number of amides is 3. The molecule has 1 aromatic carbocycles. The van der Waals surface area contributed by atoms with Crippen molar-refractivity contribution >= 4 is 34.6 Å². The van der Waals surface area contributed by atoms with Crippen LogP contribution in [0.3, 0.4) is 0 Å². The molecule has 2 heterocycles. The number of thiophene rings is 1. The molecular formula is C15H15N3O3S. The Hall–Kier alpha value is -2.54. The normalized spacial score (nSPS) is 12.9. The summed E-state index contributed by atoms with van der Waals surface area (Å²) >= 11 is 1.61. The molecule has 0 radical (unpaired) electrons. The van der Waals surface area contributed by atoms with Gasteiger partial charge in [-0.1, -0.05) is 0 Å². The number of carbonyl (C=O) groups is 2. The highest BCUT2D eigenvalue weighted by Gasteiger charge is 2.16. The number of fused-ring (bicyclic) bond motifs is 1. The average molecular weight is 317 g/mol. The summed E-state index contributed by atoms with van der Waals surface area (Å²) in [6.07, 6.45) is 0. The minimum absolute atomic E-state index is 0.0136. The second-order valence-electron chi connectivity index (χ2n) is 4.88. The van der Waals surface area contributed by atoms with E-state index in [0.29, 0.717) is 23.7 Å². The fourth-order valence-electron chi connectivity index (χ4n) is 2.07. The van der Waals surface area contributed by atoms with Crippen molar-refractivity contribution in [3.63, 3.8) is 0 Å². The molecule has 7 heteroatoms. The molecule has 0 aliphatic carbocycles. The topological polar surface area (TPSA) is 79.5 Å². The van der Waals surface area contributed by atoms with Gasteiger partial charge in [0.15, 0.2) is 6.61 Å². The van der Waals surface area contributed by atoms with Crippen LogP contribution in [0.25, 0.3) is 0 Å². The molecule has 0 spiro atoms. The molecule has 1 aliphatic heterocycles. The lowest BCUT2D eigenvalue weighted by Gasteiger charge is -2.18. The van der Waals surface area contributed by atoms with E-state index < -0.39 is 0 Å². The minimum Gasteiger partial charge on any atom is -0.482 e. The molecule has 3 N–H and O–H groups in total. The van der Waals surface area contributed by atoms with Crippen molar-refractivity contribution in [3.8, 4) is 5.75 Å². The molecular weight excluding hydrogens is 302 g/mol. The molecule has 6 nitrogen and oxygen atoms in total. The standard InChI is InChI=1S/C15H15N3O3S/c1-9-4-5-22-13(9)7-16-15(20)17-10-2-3-11-12(6-10)21-8-14(19)18-11/h2-6H,7-8H2,1H3,(H,18,19)(H2,16,17,20). The highest BCUT2D eigenvalue weighted by Crippen LogP contribution is 2.30. The van der Waals surface area contributed by atoms with Crippen molar-refractivity contribution in [2.45, 2.75) is 13.5 Å². The second kappa shape index (κ2) is 6.07. The number of aryl methyl sites for hydroxylation is 1. The van der Waals surface area contributed by atoms with E-state index in [1.54, 1.807) is 29.5 Å². The Morgan fingerprint density at radius 2 is 2.27 bits per heavy atom. The molecule has 1 aromatic heterocycles. The van der Waals surface area contributed by atoms with E-state index in [9.17, 15) is 9.59 Å². The van der Waals surface area contributed by atoms with Crippen LogP contribution >= 0.6 is 11.3 Å². The highest BCUT2D eigenvalue weighted by atomic mass is 32.1. The van der Waals surface area contributed by atoms with E-state index in [0.717, 1.165) is 4.88 Å². The summed E-state index contributed by atoms with van der Waals surface area (Å²) in [4.78, 5) is 24.2. The average Bonchev–Trinajstić information content (AvgIpc) is 2.91. The SMILES string of the molecule is Cc1ccsc1CNC(=O)Nc1ccc2c(c1)OCC(=O)N2. The quantitative estimate of drug-likeness (QED) is 0.814. The van der Waals surface area contributed by atoms with Crippen LogP contribution in [0.15, 0.2) is 29.6 Å². The van der Waals surface area contributed by atoms with Crippen LogP contribution in [0, 0.1) is 6.92 Å². The van der Waals surface area contributed by atoms with Gasteiger partial charge in [-0.05, 0) is 36.1 Å². The summed E-state index contributed by atoms with van der Waals surface area (Å²) in [7, 11) is 0. The summed E-state index contributed by atoms with van der Waals surface area (Å²) in [5.41, 5.74) is 2.38. The second-order valence-corrected chi connectivity index (χ2v) is 5.88. The molecule has 0 saturated heterocycles. The van der Waals surface area contributed by atoms with Gasteiger partial charge in [0.05, 0.1) is 12.2 Å². The first-order chi connectivity index (χ1) is 10.6. The van der Waals surface area contributed by atoms with E-state index in [1.165, 1.54) is 5.56 Å². The lowest BCUT2D eigenvalue weighted by atomic mass is 10.2. The first-order valence-electron chi connectivity index (χ1n) is 6.76. The summed E-state index contributed by atoms with van der Waals surface area (Å²) in [5, 5.41) is 10.3. The summed E-state index contributed by atoms with van der Waals surface area (Å²) in [5.74, 6) is 0.365. The van der Waals surface area contributed by atoms with Crippen molar-refractivity contribution < 1.29 is 14.3 Å². The van der Waals surface area contributed by atoms with Gasteiger partial charge in [0.25, 0.3) is 5.91 Å². The lowest BCUT2D eigenvalue weighted by Crippen LogP contribution is -2.28. The van der Waals surface area contributed by atoms with Crippen LogP contribution in [0.5, 0.6) is 5.75 Å². The number of benzene rings is 1. The van der Waals surface area contributed by atoms with Crippen LogP contribution in [0.4, 0.5) is 16.2 Å². The van der Waals surface area contributed by atoms with E-state index in [1.807, 2.05) is 18.4 Å². The molecule has 1 aliphatic rings. The first-order valence-corrected chi connectivity index (χ1v) is 7.64. The van der Waals surface area contributed by atoms with Gasteiger partial charge >= 0.3 is 6.03 Å². The van der Waals surface area contributed by atoms with Gasteiger partial charge in [-0.3, -0.25) is 4.79 Å². The third-order valence-corrected chi connectivity index (χ3v) is 4.27. The lowest BCUT2D eigenvalue weighted by molar-refractivity contribution is -0.118. The predicted molar refractivity (Wildman–Crippen MR) is 85.5 cm³/mol. The van der Waals surface area contributed by atoms with Crippen LogP contribution in [-0.2, 0) is 11.3 Å². The summed E-state index contributed by atoms with van der Waals surface area (Å²) in [6.45, 7) is 2.49. The minimum atomic E-state index is -0.285. The predicted octanol–water partition coefficient (Wildman–Crippen LogP) is 2.71. The number of anilines is 2. The zero-order chi connectivity index (χ0) is 15.5. The smallest absolute Gasteiger partial charge is 0.319 e. The molecule has 3 amide bonds. The third-order valence-electron chi connectivity index (χ3n) is 3.25. The number of hydrogen-bond acceptors (Lipinski definition) is 4. The van der Waals surface area contributed by atoms with Gasteiger partial charge in [-0.15, -0.1) is 11.3 Å². The number of hydrogen-bond donors (Lipinski definition) is 3. The molecule has 22 heavy (non-hydrogen) atoms. The van der Waals surface area contributed by atoms with Crippen LogP contribution < -0.4 is 20.7 Å². The Morgan fingerprint density at radius 1 is 1.41 bits per heavy atom. The number of ether oxygens (including phenoxy) is 1. The molecule has 114 valence electrons. The molecule has 0 atom stereocenters. The fourth-order valence-corrected chi connectivity index (χ4v) is 2.92. The van der Waals surface area contributed by atoms with Crippen molar-refractivity contribution in [3.05, 3.63) is 40.1 Å². The van der Waals surface area contributed by atoms with Crippen LogP contribution in [0.2, 0.25) is 0 Å². The van der Waals surface area contributed by atoms with Gasteiger partial charge in [0, 0.05) is 16.6 Å². The zero-order valence-electron chi connectivity index (χ0n) is 11.9. The zero-order valence-corrected chi connectivity index (χ0v) is 12.8. The number of carbonyl (C=O) groups excluding carboxylic acids is 2. The summed E-state index contributed by atoms with van der Waals surface area (Å²) in [6, 6.07) is 6.84. The molecule has 0 fully saturated rings. The number of rotatable bonds is 3. The Kier molecular flexibility index (Phi) is 3.97. The van der Waals surface area contributed by atoms with Gasteiger partial charge in [0.1, 0.15) is 5.75 Å². The molecule has 3 rings (SSSR count). The van der Waals surface area contributed by atoms with Gasteiger partial charge < -0.3 is 20.7 Å². The van der Waals surface area contributed by atoms with Crippen molar-refractivity contribution in [1.29, 1.82) is 0 Å². The van der Waals surface area contributed by atoms with Crippen molar-refractivity contribution in [1.82, 2.24) is 5.32 Å². The molecule has 0 saturated carbocycles. The maximum absolute atomic E-state index is 11.9. The largest absolute Gasteiger partial charge is 0.482 e. The van der Waals surface area contributed by atoms with E-state index >= 15 is 0 Å². The first kappa shape index (κ1) is 14.4. The van der Waals surface area contributed by atoms with Gasteiger partial charge in [-0.25, -0.2) is 4.79 Å². The number of urea groups is 1. The maximum Gasteiger partial charge on any atom is 0.319 e. The van der Waals surface area contributed by atoms with Crippen LogP contribution in [0.1, 0.15) is 10.4 Å². The highest BCUT2D eigenvalue weighted by molar-refractivity contribution is 7.10. The van der Waals surface area contributed by atoms with Gasteiger partial charge in [0.2, 0.25) is 0 Å². The van der Waals surface area contributed by atoms with Gasteiger partial charge in [-0.2, -0.15) is 0 Å². The van der Waals surface area contributed by atoms with E-state index in [2.05, 4.69) is 16.0 Å². The maximum atomic E-state index is 11.9. The molecule has 0 bridgehead atoms. The molecule has 2 aromatic rings. The Balaban J connectivity index is 1.60. The third kappa shape index (κ3) is 3.20. The summed E-state index contributed by atoms with van der Waals surface area (Å²) < 4.78 is 5.31. The molecule has 0 unspecified atom stereocenters. The van der Waals surface area contributed by atoms with Crippen molar-refractivity contribution in [2.24, 2.45) is 0 Å². The van der Waals surface area contributed by atoms with Crippen LogP contribution in [-0.4, -0.2) is 18.5 Å². The van der Waals surface area contributed by atoms with E-state index in [-0.39, 0.29) is 18.5 Å². The fraction of sp³-hybridized carbons (Fsp3) is 0.200.